The molecular formula is C20H22ClN5O2. The van der Waals surface area contributed by atoms with E-state index in [0.717, 1.165) is 12.8 Å². The first-order valence-corrected chi connectivity index (χ1v) is 9.50. The predicted octanol–water partition coefficient (Wildman–Crippen LogP) is 4.77. The second-order valence-corrected chi connectivity index (χ2v) is 6.98. The Morgan fingerprint density at radius 2 is 1.89 bits per heavy atom. The largest absolute Gasteiger partial charge is 0.289 e. The highest BCUT2D eigenvalue weighted by Gasteiger charge is 2.27. The van der Waals surface area contributed by atoms with Crippen LogP contribution in [0.2, 0.25) is 5.02 Å². The van der Waals surface area contributed by atoms with E-state index in [1.807, 2.05) is 24.3 Å². The van der Waals surface area contributed by atoms with Gasteiger partial charge in [0.2, 0.25) is 0 Å². The SMILES string of the molecule is CCC(CC)(NCn1cnc(-c2cccc([N+](=O)[O-])c2)n1)c1ccc(Cl)cc1. The van der Waals surface area contributed by atoms with Crippen molar-refractivity contribution in [2.45, 2.75) is 38.9 Å². The first kappa shape index (κ1) is 20.0. The number of aromatic nitrogens is 3. The number of benzene rings is 2. The molecule has 0 spiro atoms. The smallest absolute Gasteiger partial charge is 0.270 e. The summed E-state index contributed by atoms with van der Waals surface area (Å²) < 4.78 is 1.70. The van der Waals surface area contributed by atoms with Crippen molar-refractivity contribution in [2.75, 3.05) is 0 Å². The van der Waals surface area contributed by atoms with Crippen LogP contribution < -0.4 is 5.32 Å². The van der Waals surface area contributed by atoms with Gasteiger partial charge in [-0.15, -0.1) is 5.10 Å². The van der Waals surface area contributed by atoms with Gasteiger partial charge in [0.25, 0.3) is 5.69 Å². The Bertz CT molecular complexity index is 951. The standard InChI is InChI=1S/C20H22ClN5O2/c1-3-20(4-2,16-8-10-17(21)11-9-16)23-14-25-13-22-19(24-25)15-6-5-7-18(12-15)26(27)28/h5-13,23H,3-4,14H2,1-2H3. The van der Waals surface area contributed by atoms with Crippen molar-refractivity contribution in [3.05, 3.63) is 75.6 Å². The fourth-order valence-electron chi connectivity index (χ4n) is 3.27. The minimum Gasteiger partial charge on any atom is -0.289 e. The van der Waals surface area contributed by atoms with Crippen LogP contribution in [0.1, 0.15) is 32.3 Å². The number of rotatable bonds is 8. The summed E-state index contributed by atoms with van der Waals surface area (Å²) in [5.74, 6) is 0.454. The molecule has 0 atom stereocenters. The Morgan fingerprint density at radius 3 is 2.54 bits per heavy atom. The quantitative estimate of drug-likeness (QED) is 0.435. The van der Waals surface area contributed by atoms with Crippen LogP contribution in [-0.2, 0) is 12.2 Å². The molecule has 0 radical (unpaired) electrons. The lowest BCUT2D eigenvalue weighted by Gasteiger charge is -2.33. The van der Waals surface area contributed by atoms with Crippen LogP contribution in [0.5, 0.6) is 0 Å². The first-order chi connectivity index (χ1) is 13.5. The molecule has 0 unspecified atom stereocenters. The van der Waals surface area contributed by atoms with Crippen LogP contribution in [0.4, 0.5) is 5.69 Å². The summed E-state index contributed by atoms with van der Waals surface area (Å²) in [5, 5.41) is 19.7. The van der Waals surface area contributed by atoms with Crippen molar-refractivity contribution in [1.29, 1.82) is 0 Å². The summed E-state index contributed by atoms with van der Waals surface area (Å²) in [6, 6.07) is 14.2. The molecule has 1 N–H and O–H groups in total. The van der Waals surface area contributed by atoms with Crippen molar-refractivity contribution in [3.63, 3.8) is 0 Å². The zero-order valence-corrected chi connectivity index (χ0v) is 16.6. The molecule has 0 fully saturated rings. The normalized spacial score (nSPS) is 11.5. The van der Waals surface area contributed by atoms with Gasteiger partial charge in [-0.1, -0.05) is 49.7 Å². The van der Waals surface area contributed by atoms with E-state index in [4.69, 9.17) is 11.6 Å². The van der Waals surface area contributed by atoms with E-state index in [2.05, 4.69) is 29.2 Å². The maximum atomic E-state index is 11.0. The summed E-state index contributed by atoms with van der Waals surface area (Å²) in [7, 11) is 0. The molecule has 0 aliphatic rings. The number of nitrogens with zero attached hydrogens (tertiary/aromatic N) is 4. The van der Waals surface area contributed by atoms with E-state index < -0.39 is 4.92 Å². The molecule has 0 aliphatic carbocycles. The van der Waals surface area contributed by atoms with Crippen LogP contribution >= 0.6 is 11.6 Å². The molecule has 0 amide bonds. The maximum absolute atomic E-state index is 11.0. The highest BCUT2D eigenvalue weighted by Crippen LogP contribution is 2.30. The molecule has 7 nitrogen and oxygen atoms in total. The van der Waals surface area contributed by atoms with Gasteiger partial charge in [-0.3, -0.25) is 15.4 Å². The average Bonchev–Trinajstić information content (AvgIpc) is 3.19. The Kier molecular flexibility index (Phi) is 6.06. The zero-order chi connectivity index (χ0) is 20.1. The van der Waals surface area contributed by atoms with E-state index in [0.29, 0.717) is 23.1 Å². The number of nitro benzene ring substituents is 1. The lowest BCUT2D eigenvalue weighted by Crippen LogP contribution is -2.42. The van der Waals surface area contributed by atoms with Gasteiger partial charge in [0.1, 0.15) is 6.33 Å². The number of nitrogens with one attached hydrogen (secondary N) is 1. The Labute approximate surface area is 168 Å². The van der Waals surface area contributed by atoms with E-state index in [1.165, 1.54) is 17.7 Å². The Hall–Kier alpha value is -2.77. The topological polar surface area (TPSA) is 85.9 Å². The molecule has 1 aromatic heterocycles. The molecule has 28 heavy (non-hydrogen) atoms. The summed E-state index contributed by atoms with van der Waals surface area (Å²) in [6.07, 6.45) is 3.42. The summed E-state index contributed by atoms with van der Waals surface area (Å²) in [4.78, 5) is 14.8. The highest BCUT2D eigenvalue weighted by molar-refractivity contribution is 6.30. The van der Waals surface area contributed by atoms with E-state index >= 15 is 0 Å². The van der Waals surface area contributed by atoms with Gasteiger partial charge in [-0.25, -0.2) is 9.67 Å². The lowest BCUT2D eigenvalue weighted by atomic mass is 9.85. The fraction of sp³-hybridized carbons (Fsp3) is 0.300. The third-order valence-corrected chi connectivity index (χ3v) is 5.29. The van der Waals surface area contributed by atoms with Gasteiger partial charge < -0.3 is 0 Å². The third kappa shape index (κ3) is 4.21. The molecule has 3 rings (SSSR count). The molecule has 8 heteroatoms. The Balaban J connectivity index is 1.78. The second kappa shape index (κ2) is 8.50. The summed E-state index contributed by atoms with van der Waals surface area (Å²) >= 11 is 6.03. The van der Waals surface area contributed by atoms with E-state index in [-0.39, 0.29) is 11.2 Å². The second-order valence-electron chi connectivity index (χ2n) is 6.55. The van der Waals surface area contributed by atoms with E-state index in [1.54, 1.807) is 23.1 Å². The minimum atomic E-state index is -0.426. The van der Waals surface area contributed by atoms with Crippen LogP contribution in [0.25, 0.3) is 11.4 Å². The number of non-ortho nitro benzene ring substituents is 1. The fourth-order valence-corrected chi connectivity index (χ4v) is 3.40. The molecule has 0 saturated carbocycles. The van der Waals surface area contributed by atoms with Crippen molar-refractivity contribution in [1.82, 2.24) is 20.1 Å². The van der Waals surface area contributed by atoms with Gasteiger partial charge in [0.05, 0.1) is 11.6 Å². The van der Waals surface area contributed by atoms with Gasteiger partial charge in [0.15, 0.2) is 5.82 Å². The molecule has 146 valence electrons. The predicted molar refractivity (Wildman–Crippen MR) is 109 cm³/mol. The van der Waals surface area contributed by atoms with Gasteiger partial charge in [0, 0.05) is 28.3 Å². The average molecular weight is 400 g/mol. The number of hydrogen-bond donors (Lipinski definition) is 1. The molecule has 3 aromatic rings. The zero-order valence-electron chi connectivity index (χ0n) is 15.8. The molecular weight excluding hydrogens is 378 g/mol. The summed E-state index contributed by atoms with van der Waals surface area (Å²) in [5.41, 5.74) is 1.59. The molecule has 1 heterocycles. The maximum Gasteiger partial charge on any atom is 0.270 e. The minimum absolute atomic E-state index is 0.0192. The van der Waals surface area contributed by atoms with Gasteiger partial charge in [-0.05, 0) is 30.5 Å². The summed E-state index contributed by atoms with van der Waals surface area (Å²) in [6.45, 7) is 4.74. The van der Waals surface area contributed by atoms with Crippen molar-refractivity contribution >= 4 is 17.3 Å². The van der Waals surface area contributed by atoms with Gasteiger partial charge in [-0.2, -0.15) is 0 Å². The molecule has 2 aromatic carbocycles. The van der Waals surface area contributed by atoms with Crippen molar-refractivity contribution in [3.8, 4) is 11.4 Å². The van der Waals surface area contributed by atoms with Crippen LogP contribution in [0.3, 0.4) is 0 Å². The Morgan fingerprint density at radius 1 is 1.18 bits per heavy atom. The number of halogens is 1. The van der Waals surface area contributed by atoms with Crippen LogP contribution in [0.15, 0.2) is 54.9 Å². The van der Waals surface area contributed by atoms with Crippen LogP contribution in [-0.4, -0.2) is 19.7 Å². The molecule has 0 saturated heterocycles. The third-order valence-electron chi connectivity index (χ3n) is 5.04. The van der Waals surface area contributed by atoms with Crippen molar-refractivity contribution in [2.24, 2.45) is 0 Å². The van der Waals surface area contributed by atoms with E-state index in [9.17, 15) is 10.1 Å². The van der Waals surface area contributed by atoms with Crippen LogP contribution in [0, 0.1) is 10.1 Å². The number of hydrogen-bond acceptors (Lipinski definition) is 5. The first-order valence-electron chi connectivity index (χ1n) is 9.13. The highest BCUT2D eigenvalue weighted by atomic mass is 35.5. The number of nitro groups is 1. The molecule has 0 aliphatic heterocycles. The monoisotopic (exact) mass is 399 g/mol. The van der Waals surface area contributed by atoms with Gasteiger partial charge >= 0.3 is 0 Å². The molecule has 0 bridgehead atoms. The lowest BCUT2D eigenvalue weighted by molar-refractivity contribution is -0.384. The van der Waals surface area contributed by atoms with Crippen molar-refractivity contribution < 1.29 is 4.92 Å².